The van der Waals surface area contributed by atoms with E-state index in [1.165, 1.54) is 6.08 Å². The van der Waals surface area contributed by atoms with Crippen molar-refractivity contribution in [2.75, 3.05) is 6.61 Å². The lowest BCUT2D eigenvalue weighted by atomic mass is 9.82. The molecule has 0 N–H and O–H groups in total. The highest BCUT2D eigenvalue weighted by molar-refractivity contribution is 5.81. The maximum atomic E-state index is 11.3. The third kappa shape index (κ3) is 5.46. The number of rotatable bonds is 8. The van der Waals surface area contributed by atoms with Crippen molar-refractivity contribution in [2.24, 2.45) is 5.92 Å². The summed E-state index contributed by atoms with van der Waals surface area (Å²) >= 11 is 0. The number of ether oxygens (including phenoxy) is 3. The minimum atomic E-state index is -0.271. The number of hydrogen-bond acceptors (Lipinski definition) is 4. The molecule has 0 bridgehead atoms. The van der Waals surface area contributed by atoms with Gasteiger partial charge in [0.25, 0.3) is 0 Å². The van der Waals surface area contributed by atoms with E-state index in [9.17, 15) is 4.79 Å². The summed E-state index contributed by atoms with van der Waals surface area (Å²) in [6.45, 7) is 2.77. The van der Waals surface area contributed by atoms with Crippen molar-refractivity contribution in [3.8, 4) is 11.5 Å². The molecule has 0 unspecified atom stereocenters. The highest BCUT2D eigenvalue weighted by Gasteiger charge is 2.28. The van der Waals surface area contributed by atoms with E-state index in [2.05, 4.69) is 0 Å². The fourth-order valence-electron chi connectivity index (χ4n) is 2.84. The van der Waals surface area contributed by atoms with Crippen molar-refractivity contribution < 1.29 is 19.0 Å². The molecule has 0 heterocycles. The number of allylic oxidation sites excluding steroid dienone is 1. The van der Waals surface area contributed by atoms with Gasteiger partial charge in [0.2, 0.25) is 0 Å². The van der Waals surface area contributed by atoms with Crippen LogP contribution in [0.3, 0.4) is 0 Å². The molecule has 2 aromatic rings. The summed E-state index contributed by atoms with van der Waals surface area (Å²) in [6.07, 6.45) is 5.57. The van der Waals surface area contributed by atoms with E-state index in [1.807, 2.05) is 60.7 Å². The van der Waals surface area contributed by atoms with Gasteiger partial charge in [0.05, 0.1) is 19.3 Å². The smallest absolute Gasteiger partial charge is 0.330 e. The second-order valence-corrected chi connectivity index (χ2v) is 6.34. The van der Waals surface area contributed by atoms with Crippen LogP contribution in [0.2, 0.25) is 0 Å². The van der Waals surface area contributed by atoms with Crippen molar-refractivity contribution in [3.63, 3.8) is 0 Å². The Hall–Kier alpha value is -2.59. The lowest BCUT2D eigenvalue weighted by Gasteiger charge is -2.33. The van der Waals surface area contributed by atoms with Gasteiger partial charge < -0.3 is 14.2 Å². The van der Waals surface area contributed by atoms with Gasteiger partial charge in [0.15, 0.2) is 0 Å². The minimum absolute atomic E-state index is 0.241. The average Bonchev–Trinajstić information content (AvgIpc) is 2.61. The van der Waals surface area contributed by atoms with Crippen LogP contribution >= 0.6 is 0 Å². The first-order valence-electron chi connectivity index (χ1n) is 9.01. The van der Waals surface area contributed by atoms with Gasteiger partial charge >= 0.3 is 5.97 Å². The van der Waals surface area contributed by atoms with Crippen molar-refractivity contribution in [2.45, 2.75) is 32.5 Å². The Kier molecular flexibility index (Phi) is 6.45. The largest absolute Gasteiger partial charge is 0.463 e. The third-order valence-corrected chi connectivity index (χ3v) is 4.29. The van der Waals surface area contributed by atoms with Gasteiger partial charge in [-0.05, 0) is 55.5 Å². The van der Waals surface area contributed by atoms with E-state index in [0.29, 0.717) is 19.1 Å². The predicted molar refractivity (Wildman–Crippen MR) is 100 cm³/mol. The van der Waals surface area contributed by atoms with E-state index in [-0.39, 0.29) is 12.1 Å². The summed E-state index contributed by atoms with van der Waals surface area (Å²) in [5.41, 5.74) is 1.09. The summed E-state index contributed by atoms with van der Waals surface area (Å²) in [5, 5.41) is 0. The molecule has 1 aliphatic rings. The molecule has 0 aromatic heterocycles. The Bertz CT molecular complexity index is 733. The Morgan fingerprint density at radius 2 is 1.85 bits per heavy atom. The Labute approximate surface area is 154 Å². The molecule has 0 aliphatic heterocycles. The lowest BCUT2D eigenvalue weighted by molar-refractivity contribution is -0.137. The Balaban J connectivity index is 1.42. The SMILES string of the molecule is CCOC(=O)/C=C/[C@H]1C[C@@H](OCc2cccc(Oc3ccccc3)c2)C1. The molecule has 4 heteroatoms. The number of para-hydroxylation sites is 1. The Morgan fingerprint density at radius 1 is 1.08 bits per heavy atom. The molecule has 26 heavy (non-hydrogen) atoms. The summed E-state index contributed by atoms with van der Waals surface area (Å²) < 4.78 is 16.7. The summed E-state index contributed by atoms with van der Waals surface area (Å²) in [6, 6.07) is 17.7. The number of hydrogen-bond donors (Lipinski definition) is 0. The standard InChI is InChI=1S/C22H24O4/c1-2-24-22(23)12-11-17-13-21(14-17)25-16-18-7-6-10-20(15-18)26-19-8-4-3-5-9-19/h3-12,15,17,21H,2,13-14,16H2,1H3/b12-11+/t17-,21+. The molecule has 0 saturated heterocycles. The highest BCUT2D eigenvalue weighted by Crippen LogP contribution is 2.32. The zero-order valence-electron chi connectivity index (χ0n) is 15.0. The predicted octanol–water partition coefficient (Wildman–Crippen LogP) is 4.89. The number of carbonyl (C=O) groups excluding carboxylic acids is 1. The monoisotopic (exact) mass is 352 g/mol. The summed E-state index contributed by atoms with van der Waals surface area (Å²) in [5.74, 6) is 1.76. The van der Waals surface area contributed by atoms with E-state index >= 15 is 0 Å². The van der Waals surface area contributed by atoms with Crippen LogP contribution in [0.1, 0.15) is 25.3 Å². The molecule has 3 rings (SSSR count). The first-order chi connectivity index (χ1) is 12.7. The first kappa shape index (κ1) is 18.2. The lowest BCUT2D eigenvalue weighted by Crippen LogP contribution is -2.30. The molecule has 0 spiro atoms. The van der Waals surface area contributed by atoms with Crippen molar-refractivity contribution in [3.05, 3.63) is 72.3 Å². The molecule has 1 saturated carbocycles. The molecule has 0 radical (unpaired) electrons. The van der Waals surface area contributed by atoms with Crippen LogP contribution in [0, 0.1) is 5.92 Å². The zero-order valence-corrected chi connectivity index (χ0v) is 15.0. The van der Waals surface area contributed by atoms with E-state index in [0.717, 1.165) is 29.9 Å². The molecule has 2 aromatic carbocycles. The quantitative estimate of drug-likeness (QED) is 0.501. The van der Waals surface area contributed by atoms with Crippen molar-refractivity contribution in [1.29, 1.82) is 0 Å². The molecule has 1 fully saturated rings. The normalized spacial score (nSPS) is 19.1. The van der Waals surface area contributed by atoms with Crippen LogP contribution in [-0.4, -0.2) is 18.7 Å². The molecule has 0 amide bonds. The topological polar surface area (TPSA) is 44.8 Å². The Morgan fingerprint density at radius 3 is 2.62 bits per heavy atom. The number of benzene rings is 2. The van der Waals surface area contributed by atoms with Gasteiger partial charge in [0, 0.05) is 6.08 Å². The maximum Gasteiger partial charge on any atom is 0.330 e. The van der Waals surface area contributed by atoms with Crippen LogP contribution in [0.5, 0.6) is 11.5 Å². The molecule has 1 aliphatic carbocycles. The van der Waals surface area contributed by atoms with Crippen LogP contribution in [-0.2, 0) is 20.9 Å². The van der Waals surface area contributed by atoms with Crippen LogP contribution in [0.15, 0.2) is 66.7 Å². The van der Waals surface area contributed by atoms with E-state index in [4.69, 9.17) is 14.2 Å². The van der Waals surface area contributed by atoms with Gasteiger partial charge in [-0.25, -0.2) is 4.79 Å². The van der Waals surface area contributed by atoms with Gasteiger partial charge in [-0.15, -0.1) is 0 Å². The van der Waals surface area contributed by atoms with Gasteiger partial charge in [-0.3, -0.25) is 0 Å². The second-order valence-electron chi connectivity index (χ2n) is 6.34. The second kappa shape index (κ2) is 9.20. The summed E-state index contributed by atoms with van der Waals surface area (Å²) in [7, 11) is 0. The van der Waals surface area contributed by atoms with Crippen molar-refractivity contribution in [1.82, 2.24) is 0 Å². The van der Waals surface area contributed by atoms with Crippen LogP contribution in [0.4, 0.5) is 0 Å². The van der Waals surface area contributed by atoms with Crippen LogP contribution < -0.4 is 4.74 Å². The van der Waals surface area contributed by atoms with Crippen molar-refractivity contribution >= 4 is 5.97 Å². The molecule has 4 nitrogen and oxygen atoms in total. The maximum absolute atomic E-state index is 11.3. The van der Waals surface area contributed by atoms with Gasteiger partial charge in [-0.1, -0.05) is 36.4 Å². The average molecular weight is 352 g/mol. The molecular formula is C22H24O4. The number of carbonyl (C=O) groups is 1. The molecular weight excluding hydrogens is 328 g/mol. The van der Waals surface area contributed by atoms with E-state index in [1.54, 1.807) is 6.92 Å². The summed E-state index contributed by atoms with van der Waals surface area (Å²) in [4.78, 5) is 11.3. The minimum Gasteiger partial charge on any atom is -0.463 e. The van der Waals surface area contributed by atoms with Gasteiger partial charge in [-0.2, -0.15) is 0 Å². The fourth-order valence-corrected chi connectivity index (χ4v) is 2.84. The highest BCUT2D eigenvalue weighted by atomic mass is 16.5. The number of esters is 1. The molecule has 136 valence electrons. The van der Waals surface area contributed by atoms with E-state index < -0.39 is 0 Å². The molecule has 0 atom stereocenters. The van der Waals surface area contributed by atoms with Gasteiger partial charge in [0.1, 0.15) is 11.5 Å². The van der Waals surface area contributed by atoms with Crippen LogP contribution in [0.25, 0.3) is 0 Å². The fraction of sp³-hybridized carbons (Fsp3) is 0.318. The zero-order chi connectivity index (χ0) is 18.2. The first-order valence-corrected chi connectivity index (χ1v) is 9.01. The third-order valence-electron chi connectivity index (χ3n) is 4.29.